The van der Waals surface area contributed by atoms with Crippen molar-refractivity contribution in [3.63, 3.8) is 0 Å². The molecule has 27 heavy (non-hydrogen) atoms. The van der Waals surface area contributed by atoms with Crippen LogP contribution in [0.3, 0.4) is 0 Å². The number of pyridine rings is 1. The van der Waals surface area contributed by atoms with Crippen LogP contribution in [0.4, 0.5) is 0 Å². The normalized spacial score (nSPS) is 10.8. The van der Waals surface area contributed by atoms with Crippen LogP contribution in [0.5, 0.6) is 11.5 Å². The standard InChI is InChI=1S/C24H21NO2/c1-16-8-10-17(11-9-16)20-15-22(25-21-7-5-4-6-19(20)21)18-12-13-23(26-2)24(14-18)27-3/h4-15H,1-3H3. The highest BCUT2D eigenvalue weighted by molar-refractivity contribution is 5.96. The first-order valence-corrected chi connectivity index (χ1v) is 8.89. The maximum Gasteiger partial charge on any atom is 0.161 e. The van der Waals surface area contributed by atoms with E-state index in [2.05, 4.69) is 55.5 Å². The van der Waals surface area contributed by atoms with Crippen LogP contribution >= 0.6 is 0 Å². The van der Waals surface area contributed by atoms with Crippen molar-refractivity contribution in [2.45, 2.75) is 6.92 Å². The summed E-state index contributed by atoms with van der Waals surface area (Å²) in [4.78, 5) is 4.88. The van der Waals surface area contributed by atoms with E-state index in [-0.39, 0.29) is 0 Å². The zero-order chi connectivity index (χ0) is 18.8. The molecule has 3 nitrogen and oxygen atoms in total. The second-order valence-electron chi connectivity index (χ2n) is 6.51. The fourth-order valence-corrected chi connectivity index (χ4v) is 3.29. The van der Waals surface area contributed by atoms with Gasteiger partial charge in [-0.3, -0.25) is 0 Å². The van der Waals surface area contributed by atoms with Gasteiger partial charge in [0.1, 0.15) is 0 Å². The highest BCUT2D eigenvalue weighted by Crippen LogP contribution is 2.35. The first-order valence-electron chi connectivity index (χ1n) is 8.89. The Labute approximate surface area is 159 Å². The average Bonchev–Trinajstić information content (AvgIpc) is 2.73. The Balaban J connectivity index is 1.93. The maximum atomic E-state index is 5.46. The lowest BCUT2D eigenvalue weighted by molar-refractivity contribution is 0.355. The van der Waals surface area contributed by atoms with E-state index >= 15 is 0 Å². The van der Waals surface area contributed by atoms with Crippen LogP contribution in [0, 0.1) is 6.92 Å². The summed E-state index contributed by atoms with van der Waals surface area (Å²) in [7, 11) is 3.29. The van der Waals surface area contributed by atoms with Gasteiger partial charge >= 0.3 is 0 Å². The smallest absolute Gasteiger partial charge is 0.161 e. The van der Waals surface area contributed by atoms with Crippen LogP contribution in [-0.4, -0.2) is 19.2 Å². The highest BCUT2D eigenvalue weighted by Gasteiger charge is 2.12. The molecule has 1 heterocycles. The van der Waals surface area contributed by atoms with Crippen molar-refractivity contribution in [3.8, 4) is 33.9 Å². The van der Waals surface area contributed by atoms with Gasteiger partial charge < -0.3 is 9.47 Å². The maximum absolute atomic E-state index is 5.46. The second-order valence-corrected chi connectivity index (χ2v) is 6.51. The molecule has 4 rings (SSSR count). The van der Waals surface area contributed by atoms with Gasteiger partial charge in [-0.05, 0) is 48.4 Å². The lowest BCUT2D eigenvalue weighted by Gasteiger charge is -2.13. The van der Waals surface area contributed by atoms with Crippen molar-refractivity contribution >= 4 is 10.9 Å². The molecule has 0 unspecified atom stereocenters. The predicted molar refractivity (Wildman–Crippen MR) is 110 cm³/mol. The van der Waals surface area contributed by atoms with Gasteiger partial charge in [0, 0.05) is 10.9 Å². The summed E-state index contributed by atoms with van der Waals surface area (Å²) in [6, 6.07) is 24.9. The number of rotatable bonds is 4. The minimum Gasteiger partial charge on any atom is -0.493 e. The second kappa shape index (κ2) is 7.12. The summed E-state index contributed by atoms with van der Waals surface area (Å²) >= 11 is 0. The van der Waals surface area contributed by atoms with E-state index in [0.29, 0.717) is 11.5 Å². The third-order valence-corrected chi connectivity index (χ3v) is 4.76. The van der Waals surface area contributed by atoms with E-state index in [1.807, 2.05) is 24.3 Å². The Morgan fingerprint density at radius 2 is 1.41 bits per heavy atom. The quantitative estimate of drug-likeness (QED) is 0.457. The molecule has 0 atom stereocenters. The van der Waals surface area contributed by atoms with Crippen molar-refractivity contribution < 1.29 is 9.47 Å². The van der Waals surface area contributed by atoms with Crippen LogP contribution < -0.4 is 9.47 Å². The van der Waals surface area contributed by atoms with Crippen LogP contribution in [-0.2, 0) is 0 Å². The zero-order valence-electron chi connectivity index (χ0n) is 15.7. The molecule has 0 spiro atoms. The van der Waals surface area contributed by atoms with Crippen LogP contribution in [0.25, 0.3) is 33.3 Å². The van der Waals surface area contributed by atoms with Gasteiger partial charge in [0.25, 0.3) is 0 Å². The van der Waals surface area contributed by atoms with Crippen molar-refractivity contribution in [3.05, 3.63) is 78.4 Å². The Morgan fingerprint density at radius 3 is 2.15 bits per heavy atom. The van der Waals surface area contributed by atoms with Gasteiger partial charge in [-0.2, -0.15) is 0 Å². The number of benzene rings is 3. The molecule has 0 N–H and O–H groups in total. The number of methoxy groups -OCH3 is 2. The number of aromatic nitrogens is 1. The van der Waals surface area contributed by atoms with E-state index in [1.54, 1.807) is 14.2 Å². The molecule has 1 aromatic heterocycles. The Morgan fingerprint density at radius 1 is 0.704 bits per heavy atom. The predicted octanol–water partition coefficient (Wildman–Crippen LogP) is 5.89. The van der Waals surface area contributed by atoms with E-state index in [4.69, 9.17) is 14.5 Å². The number of para-hydroxylation sites is 1. The average molecular weight is 355 g/mol. The molecule has 0 bridgehead atoms. The Kier molecular flexibility index (Phi) is 4.51. The molecule has 134 valence electrons. The van der Waals surface area contributed by atoms with Crippen molar-refractivity contribution in [2.75, 3.05) is 14.2 Å². The highest BCUT2D eigenvalue weighted by atomic mass is 16.5. The van der Waals surface area contributed by atoms with Gasteiger partial charge in [0.05, 0.1) is 25.4 Å². The van der Waals surface area contributed by atoms with E-state index < -0.39 is 0 Å². The summed E-state index contributed by atoms with van der Waals surface area (Å²) < 4.78 is 10.8. The molecule has 0 radical (unpaired) electrons. The van der Waals surface area contributed by atoms with E-state index in [9.17, 15) is 0 Å². The number of aryl methyl sites for hydroxylation is 1. The van der Waals surface area contributed by atoms with Gasteiger partial charge in [-0.1, -0.05) is 48.0 Å². The molecule has 0 amide bonds. The summed E-state index contributed by atoms with van der Waals surface area (Å²) in [6.07, 6.45) is 0. The van der Waals surface area contributed by atoms with Crippen LogP contribution in [0.1, 0.15) is 5.56 Å². The number of hydrogen-bond donors (Lipinski definition) is 0. The first kappa shape index (κ1) is 17.1. The molecule has 3 heteroatoms. The summed E-state index contributed by atoms with van der Waals surface area (Å²) in [5.41, 5.74) is 6.47. The number of hydrogen-bond acceptors (Lipinski definition) is 3. The SMILES string of the molecule is COc1ccc(-c2cc(-c3ccc(C)cc3)c3ccccc3n2)cc1OC. The van der Waals surface area contributed by atoms with Gasteiger partial charge in [0.15, 0.2) is 11.5 Å². The third kappa shape index (κ3) is 3.24. The summed E-state index contributed by atoms with van der Waals surface area (Å²) in [5, 5.41) is 1.14. The van der Waals surface area contributed by atoms with Crippen molar-refractivity contribution in [1.29, 1.82) is 0 Å². The molecule has 0 aliphatic carbocycles. The van der Waals surface area contributed by atoms with Crippen molar-refractivity contribution in [1.82, 2.24) is 4.98 Å². The molecular weight excluding hydrogens is 334 g/mol. The molecule has 0 aliphatic rings. The Bertz CT molecular complexity index is 1100. The molecule has 3 aromatic carbocycles. The van der Waals surface area contributed by atoms with Crippen LogP contribution in [0.2, 0.25) is 0 Å². The lowest BCUT2D eigenvalue weighted by Crippen LogP contribution is -1.93. The third-order valence-electron chi connectivity index (χ3n) is 4.76. The van der Waals surface area contributed by atoms with Gasteiger partial charge in [0.2, 0.25) is 0 Å². The lowest BCUT2D eigenvalue weighted by atomic mass is 9.97. The molecule has 0 aliphatic heterocycles. The van der Waals surface area contributed by atoms with Crippen LogP contribution in [0.15, 0.2) is 72.8 Å². The van der Waals surface area contributed by atoms with E-state index in [1.165, 1.54) is 16.7 Å². The number of nitrogens with zero attached hydrogens (tertiary/aromatic N) is 1. The molecule has 0 fully saturated rings. The topological polar surface area (TPSA) is 31.4 Å². The fourth-order valence-electron chi connectivity index (χ4n) is 3.29. The minimum absolute atomic E-state index is 0.696. The number of fused-ring (bicyclic) bond motifs is 1. The monoisotopic (exact) mass is 355 g/mol. The fraction of sp³-hybridized carbons (Fsp3) is 0.125. The molecule has 0 saturated heterocycles. The summed E-state index contributed by atoms with van der Waals surface area (Å²) in [6.45, 7) is 2.10. The molecule has 0 saturated carbocycles. The van der Waals surface area contributed by atoms with Gasteiger partial charge in [-0.15, -0.1) is 0 Å². The van der Waals surface area contributed by atoms with E-state index in [0.717, 1.165) is 22.2 Å². The molecule has 4 aromatic rings. The first-order chi connectivity index (χ1) is 13.2. The zero-order valence-corrected chi connectivity index (χ0v) is 15.7. The largest absolute Gasteiger partial charge is 0.493 e. The summed E-state index contributed by atoms with van der Waals surface area (Å²) in [5.74, 6) is 1.41. The Hall–Kier alpha value is -3.33. The van der Waals surface area contributed by atoms with Crippen molar-refractivity contribution in [2.24, 2.45) is 0 Å². The molecular formula is C24H21NO2. The number of ether oxygens (including phenoxy) is 2. The van der Waals surface area contributed by atoms with Gasteiger partial charge in [-0.25, -0.2) is 4.98 Å². The minimum atomic E-state index is 0.696.